The minimum atomic E-state index is -0.0968. The number of aryl methyl sites for hydroxylation is 1. The van der Waals surface area contributed by atoms with Crippen molar-refractivity contribution < 1.29 is 4.79 Å². The molecule has 0 aliphatic carbocycles. The number of urea groups is 1. The van der Waals surface area contributed by atoms with E-state index in [4.69, 9.17) is 0 Å². The van der Waals surface area contributed by atoms with E-state index in [1.165, 1.54) is 0 Å². The Morgan fingerprint density at radius 1 is 1.11 bits per heavy atom. The summed E-state index contributed by atoms with van der Waals surface area (Å²) in [4.78, 5) is 25.5. The second-order valence-electron chi connectivity index (χ2n) is 7.50. The minimum absolute atomic E-state index is 0.0968. The molecule has 1 saturated heterocycles. The first-order valence-electron chi connectivity index (χ1n) is 9.47. The quantitative estimate of drug-likeness (QED) is 0.757. The molecule has 8 nitrogen and oxygen atoms in total. The van der Waals surface area contributed by atoms with E-state index in [0.29, 0.717) is 11.9 Å². The van der Waals surface area contributed by atoms with E-state index in [2.05, 4.69) is 39.4 Å². The predicted octanol–water partition coefficient (Wildman–Crippen LogP) is 2.59. The van der Waals surface area contributed by atoms with Crippen molar-refractivity contribution in [2.24, 2.45) is 7.05 Å². The monoisotopic (exact) mass is 379 g/mol. The molecule has 0 bridgehead atoms. The Morgan fingerprint density at radius 2 is 1.89 bits per heavy atom. The molecule has 28 heavy (non-hydrogen) atoms. The van der Waals surface area contributed by atoms with Crippen LogP contribution in [0.1, 0.15) is 12.8 Å². The van der Waals surface area contributed by atoms with Crippen molar-refractivity contribution in [1.82, 2.24) is 29.5 Å². The summed E-state index contributed by atoms with van der Waals surface area (Å²) in [6.07, 6.45) is 9.24. The third kappa shape index (κ3) is 3.82. The molecular formula is C20H25N7O. The Bertz CT molecular complexity index is 989. The van der Waals surface area contributed by atoms with Crippen molar-refractivity contribution in [3.63, 3.8) is 0 Å². The Labute approximate surface area is 164 Å². The van der Waals surface area contributed by atoms with Gasteiger partial charge in [-0.1, -0.05) is 0 Å². The first-order chi connectivity index (χ1) is 13.5. The lowest BCUT2D eigenvalue weighted by Crippen LogP contribution is -2.46. The topological polar surface area (TPSA) is 79.2 Å². The SMILES string of the molecule is CN(C)C1CCN(C(=O)Nc2cc3cc(-c4cnn(C)c4)cnc3cn2)CC1. The second kappa shape index (κ2) is 7.55. The van der Waals surface area contributed by atoms with Crippen molar-refractivity contribution in [1.29, 1.82) is 0 Å². The van der Waals surface area contributed by atoms with Gasteiger partial charge in [0.15, 0.2) is 0 Å². The van der Waals surface area contributed by atoms with Gasteiger partial charge in [-0.25, -0.2) is 9.78 Å². The Morgan fingerprint density at radius 3 is 2.57 bits per heavy atom. The van der Waals surface area contributed by atoms with Crippen molar-refractivity contribution in [2.45, 2.75) is 18.9 Å². The summed E-state index contributed by atoms with van der Waals surface area (Å²) in [6, 6.07) is 4.35. The van der Waals surface area contributed by atoms with Gasteiger partial charge in [0.05, 0.1) is 17.9 Å². The molecule has 3 aromatic rings. The molecule has 0 aromatic carbocycles. The Kier molecular flexibility index (Phi) is 4.95. The van der Waals surface area contributed by atoms with E-state index in [1.807, 2.05) is 42.7 Å². The van der Waals surface area contributed by atoms with Crippen LogP contribution in [0.25, 0.3) is 22.0 Å². The number of carbonyl (C=O) groups is 1. The van der Waals surface area contributed by atoms with Gasteiger partial charge in [-0.3, -0.25) is 15.0 Å². The highest BCUT2D eigenvalue weighted by Crippen LogP contribution is 2.23. The van der Waals surface area contributed by atoms with Crippen LogP contribution in [-0.2, 0) is 7.05 Å². The van der Waals surface area contributed by atoms with Gasteiger partial charge in [-0.05, 0) is 39.1 Å². The number of amides is 2. The van der Waals surface area contributed by atoms with E-state index >= 15 is 0 Å². The molecule has 3 aromatic heterocycles. The van der Waals surface area contributed by atoms with Crippen LogP contribution in [0.2, 0.25) is 0 Å². The second-order valence-corrected chi connectivity index (χ2v) is 7.50. The molecule has 8 heteroatoms. The van der Waals surface area contributed by atoms with Crippen LogP contribution in [0.5, 0.6) is 0 Å². The number of carbonyl (C=O) groups excluding carboxylic acids is 1. The van der Waals surface area contributed by atoms with Crippen LogP contribution in [0.4, 0.5) is 10.6 Å². The lowest BCUT2D eigenvalue weighted by molar-refractivity contribution is 0.156. The van der Waals surface area contributed by atoms with E-state index in [-0.39, 0.29) is 6.03 Å². The highest BCUT2D eigenvalue weighted by molar-refractivity contribution is 5.91. The van der Waals surface area contributed by atoms with Gasteiger partial charge in [0.1, 0.15) is 5.82 Å². The fourth-order valence-electron chi connectivity index (χ4n) is 3.60. The Hall–Kier alpha value is -3.00. The summed E-state index contributed by atoms with van der Waals surface area (Å²) >= 11 is 0. The fraction of sp³-hybridized carbons (Fsp3) is 0.400. The van der Waals surface area contributed by atoms with Crippen LogP contribution >= 0.6 is 0 Å². The molecule has 146 valence electrons. The summed E-state index contributed by atoms with van der Waals surface area (Å²) in [7, 11) is 6.07. The molecule has 0 radical (unpaired) electrons. The van der Waals surface area contributed by atoms with Crippen LogP contribution < -0.4 is 5.32 Å². The Balaban J connectivity index is 1.49. The highest BCUT2D eigenvalue weighted by Gasteiger charge is 2.24. The van der Waals surface area contributed by atoms with Gasteiger partial charge < -0.3 is 9.80 Å². The zero-order valence-electron chi connectivity index (χ0n) is 16.5. The molecule has 4 rings (SSSR count). The average Bonchev–Trinajstić information content (AvgIpc) is 3.14. The van der Waals surface area contributed by atoms with Crippen molar-refractivity contribution >= 4 is 22.8 Å². The maximum absolute atomic E-state index is 12.6. The summed E-state index contributed by atoms with van der Waals surface area (Å²) in [5.74, 6) is 0.539. The summed E-state index contributed by atoms with van der Waals surface area (Å²) in [5.41, 5.74) is 2.77. The lowest BCUT2D eigenvalue weighted by atomic mass is 10.0. The maximum Gasteiger partial charge on any atom is 0.323 e. The summed E-state index contributed by atoms with van der Waals surface area (Å²) < 4.78 is 1.76. The van der Waals surface area contributed by atoms with E-state index in [1.54, 1.807) is 10.9 Å². The van der Waals surface area contributed by atoms with Gasteiger partial charge in [0.2, 0.25) is 0 Å². The lowest BCUT2D eigenvalue weighted by Gasteiger charge is -2.35. The van der Waals surface area contributed by atoms with Gasteiger partial charge in [0.25, 0.3) is 0 Å². The molecular weight excluding hydrogens is 354 g/mol. The molecule has 4 heterocycles. The van der Waals surface area contributed by atoms with E-state index in [9.17, 15) is 4.79 Å². The highest BCUT2D eigenvalue weighted by atomic mass is 16.2. The number of likely N-dealkylation sites (tertiary alicyclic amines) is 1. The molecule has 1 aliphatic rings. The fourth-order valence-corrected chi connectivity index (χ4v) is 3.60. The zero-order valence-corrected chi connectivity index (χ0v) is 16.5. The number of pyridine rings is 2. The standard InChI is InChI=1S/C20H25N7O/c1-25(2)17-4-6-27(7-5-17)20(28)24-19-9-14-8-15(10-21-18(14)12-22-19)16-11-23-26(3)13-16/h8-13,17H,4-7H2,1-3H3,(H,22,24,28). The van der Waals surface area contributed by atoms with Crippen molar-refractivity contribution in [3.8, 4) is 11.1 Å². The summed E-state index contributed by atoms with van der Waals surface area (Å²) in [6.45, 7) is 1.52. The van der Waals surface area contributed by atoms with Crippen molar-refractivity contribution in [2.75, 3.05) is 32.5 Å². The third-order valence-electron chi connectivity index (χ3n) is 5.32. The van der Waals surface area contributed by atoms with Crippen LogP contribution in [0.15, 0.2) is 36.9 Å². The largest absolute Gasteiger partial charge is 0.324 e. The van der Waals surface area contributed by atoms with Gasteiger partial charge in [0, 0.05) is 55.1 Å². The number of hydrogen-bond acceptors (Lipinski definition) is 5. The number of nitrogens with zero attached hydrogens (tertiary/aromatic N) is 6. The molecule has 1 N–H and O–H groups in total. The number of rotatable bonds is 3. The molecule has 0 atom stereocenters. The number of piperidine rings is 1. The molecule has 0 unspecified atom stereocenters. The number of nitrogens with one attached hydrogen (secondary N) is 1. The number of hydrogen-bond donors (Lipinski definition) is 1. The summed E-state index contributed by atoms with van der Waals surface area (Å²) in [5, 5.41) is 8.07. The molecule has 0 saturated carbocycles. The van der Waals surface area contributed by atoms with Crippen LogP contribution in [0.3, 0.4) is 0 Å². The molecule has 0 spiro atoms. The minimum Gasteiger partial charge on any atom is -0.324 e. The smallest absolute Gasteiger partial charge is 0.323 e. The van der Waals surface area contributed by atoms with E-state index in [0.717, 1.165) is 48.0 Å². The number of aromatic nitrogens is 4. The van der Waals surface area contributed by atoms with Crippen LogP contribution in [0, 0.1) is 0 Å². The number of anilines is 1. The molecule has 1 aliphatic heterocycles. The zero-order chi connectivity index (χ0) is 19.7. The van der Waals surface area contributed by atoms with Gasteiger partial charge >= 0.3 is 6.03 Å². The van der Waals surface area contributed by atoms with Gasteiger partial charge in [-0.2, -0.15) is 5.10 Å². The number of fused-ring (bicyclic) bond motifs is 1. The van der Waals surface area contributed by atoms with Gasteiger partial charge in [-0.15, -0.1) is 0 Å². The van der Waals surface area contributed by atoms with E-state index < -0.39 is 0 Å². The molecule has 1 fully saturated rings. The average molecular weight is 379 g/mol. The predicted molar refractivity (Wildman–Crippen MR) is 109 cm³/mol. The third-order valence-corrected chi connectivity index (χ3v) is 5.32. The van der Waals surface area contributed by atoms with Crippen LogP contribution in [-0.4, -0.2) is 68.8 Å². The maximum atomic E-state index is 12.6. The first-order valence-corrected chi connectivity index (χ1v) is 9.47. The normalized spacial score (nSPS) is 15.4. The first kappa shape index (κ1) is 18.4. The van der Waals surface area contributed by atoms with Crippen molar-refractivity contribution in [3.05, 3.63) is 36.9 Å². The molecule has 2 amide bonds.